The van der Waals surface area contributed by atoms with Gasteiger partial charge in [0.25, 0.3) is 0 Å². The zero-order valence-electron chi connectivity index (χ0n) is 16.3. The monoisotopic (exact) mass is 436 g/mol. The predicted octanol–water partition coefficient (Wildman–Crippen LogP) is 4.05. The largest absolute Gasteiger partial charge is 0.386 e. The lowest BCUT2D eigenvalue weighted by Crippen LogP contribution is -2.12. The van der Waals surface area contributed by atoms with Crippen LogP contribution in [0.5, 0.6) is 0 Å². The van der Waals surface area contributed by atoms with Crippen molar-refractivity contribution in [2.45, 2.75) is 39.3 Å². The van der Waals surface area contributed by atoms with Gasteiger partial charge in [0, 0.05) is 24.1 Å². The van der Waals surface area contributed by atoms with E-state index in [4.69, 9.17) is 5.73 Å². The Bertz CT molecular complexity index is 970. The highest BCUT2D eigenvalue weighted by Gasteiger charge is 2.23. The molecule has 2 atom stereocenters. The van der Waals surface area contributed by atoms with Crippen molar-refractivity contribution in [2.75, 3.05) is 5.75 Å². The van der Waals surface area contributed by atoms with Gasteiger partial charge in [0.15, 0.2) is 0 Å². The first kappa shape index (κ1) is 21.4. The van der Waals surface area contributed by atoms with Crippen molar-refractivity contribution in [1.29, 1.82) is 0 Å². The second kappa shape index (κ2) is 9.45. The maximum absolute atomic E-state index is 14.0. The minimum atomic E-state index is -0.592. The van der Waals surface area contributed by atoms with E-state index >= 15 is 0 Å². The second-order valence-corrected chi connectivity index (χ2v) is 8.71. The predicted molar refractivity (Wildman–Crippen MR) is 116 cm³/mol. The molecular formula is C19H22F2N6S2. The van der Waals surface area contributed by atoms with Gasteiger partial charge >= 0.3 is 0 Å². The fraction of sp³-hybridized carbons (Fsp3) is 0.368. The fourth-order valence-electron chi connectivity index (χ4n) is 2.62. The zero-order chi connectivity index (χ0) is 21.0. The number of thioether (sulfide) groups is 1. The van der Waals surface area contributed by atoms with Crippen molar-refractivity contribution in [2.24, 2.45) is 15.7 Å². The number of rotatable bonds is 7. The number of hydrogen-bond donors (Lipinski definition) is 2. The summed E-state index contributed by atoms with van der Waals surface area (Å²) in [5, 5.41) is 13.4. The van der Waals surface area contributed by atoms with Crippen LogP contribution in [0.15, 0.2) is 34.4 Å². The average molecular weight is 437 g/mol. The standard InChI is InChI=1S/C19H22F2N6S2/c1-10-4-5-14(20)13(16(10)21)8-23-7-6-15(22)25-19-27-26-18(29-19)12(3)17-24-11(2)9-28-17/h4-7,11-12,23H,8-9H2,1-3H3,(H2,22,25,27)/b7-6-. The maximum Gasteiger partial charge on any atom is 0.233 e. The summed E-state index contributed by atoms with van der Waals surface area (Å²) >= 11 is 3.11. The molecular weight excluding hydrogens is 414 g/mol. The highest BCUT2D eigenvalue weighted by atomic mass is 32.2. The van der Waals surface area contributed by atoms with Gasteiger partial charge in [0.05, 0.1) is 17.0 Å². The minimum absolute atomic E-state index is 0.00178. The summed E-state index contributed by atoms with van der Waals surface area (Å²) in [6.45, 7) is 5.73. The van der Waals surface area contributed by atoms with Crippen molar-refractivity contribution < 1.29 is 8.78 Å². The number of halogens is 2. The van der Waals surface area contributed by atoms with Crippen molar-refractivity contribution >= 4 is 39.1 Å². The number of nitrogens with one attached hydrogen (secondary N) is 1. The van der Waals surface area contributed by atoms with E-state index < -0.39 is 11.6 Å². The number of nitrogens with zero attached hydrogens (tertiary/aromatic N) is 4. The third kappa shape index (κ3) is 5.39. The van der Waals surface area contributed by atoms with Crippen LogP contribution in [0.3, 0.4) is 0 Å². The SMILES string of the molecule is Cc1ccc(F)c(CN/C=C\C(N)=N/c2nnc(C(C)C3=NC(C)CS3)s2)c1F. The van der Waals surface area contributed by atoms with Crippen molar-refractivity contribution in [3.8, 4) is 0 Å². The van der Waals surface area contributed by atoms with Crippen molar-refractivity contribution in [3.63, 3.8) is 0 Å². The van der Waals surface area contributed by atoms with Crippen LogP contribution in [-0.2, 0) is 6.54 Å². The Balaban J connectivity index is 1.58. The summed E-state index contributed by atoms with van der Waals surface area (Å²) in [4.78, 5) is 8.83. The molecule has 0 spiro atoms. The molecule has 3 rings (SSSR count). The molecule has 1 aromatic carbocycles. The maximum atomic E-state index is 14.0. The third-order valence-electron chi connectivity index (χ3n) is 4.25. The number of benzene rings is 1. The Morgan fingerprint density at radius 2 is 2.21 bits per heavy atom. The van der Waals surface area contributed by atoms with E-state index in [9.17, 15) is 8.78 Å². The van der Waals surface area contributed by atoms with Gasteiger partial charge < -0.3 is 11.1 Å². The Morgan fingerprint density at radius 1 is 1.41 bits per heavy atom. The topological polar surface area (TPSA) is 88.5 Å². The van der Waals surface area contributed by atoms with Crippen LogP contribution in [0, 0.1) is 18.6 Å². The van der Waals surface area contributed by atoms with E-state index in [2.05, 4.69) is 39.3 Å². The quantitative estimate of drug-likeness (QED) is 0.505. The fourth-order valence-corrected chi connectivity index (χ4v) is 4.58. The van der Waals surface area contributed by atoms with Gasteiger partial charge in [-0.05, 0) is 38.5 Å². The lowest BCUT2D eigenvalue weighted by atomic mass is 10.1. The number of nitrogens with two attached hydrogens (primary N) is 1. The van der Waals surface area contributed by atoms with E-state index in [0.29, 0.717) is 16.7 Å². The summed E-state index contributed by atoms with van der Waals surface area (Å²) in [6.07, 6.45) is 3.00. The van der Waals surface area contributed by atoms with E-state index in [1.807, 2.05) is 0 Å². The first-order chi connectivity index (χ1) is 13.8. The van der Waals surface area contributed by atoms with Gasteiger partial charge in [0.1, 0.15) is 22.5 Å². The highest BCUT2D eigenvalue weighted by molar-refractivity contribution is 8.14. The van der Waals surface area contributed by atoms with Crippen LogP contribution in [0.2, 0.25) is 0 Å². The smallest absolute Gasteiger partial charge is 0.233 e. The molecule has 10 heteroatoms. The molecule has 0 fully saturated rings. The normalized spacial score (nSPS) is 18.3. The van der Waals surface area contributed by atoms with Gasteiger partial charge in [-0.2, -0.15) is 0 Å². The van der Waals surface area contributed by atoms with Crippen LogP contribution in [0.4, 0.5) is 13.9 Å². The highest BCUT2D eigenvalue weighted by Crippen LogP contribution is 2.32. The molecule has 2 heterocycles. The molecule has 0 amide bonds. The van der Waals surface area contributed by atoms with Crippen molar-refractivity contribution in [1.82, 2.24) is 15.5 Å². The summed E-state index contributed by atoms with van der Waals surface area (Å²) in [5.74, 6) is 0.140. The minimum Gasteiger partial charge on any atom is -0.386 e. The molecule has 3 N–H and O–H groups in total. The van der Waals surface area contributed by atoms with E-state index in [1.165, 1.54) is 35.7 Å². The van der Waals surface area contributed by atoms with Crippen LogP contribution < -0.4 is 11.1 Å². The Labute approximate surface area is 176 Å². The molecule has 154 valence electrons. The number of aromatic nitrogens is 2. The van der Waals surface area contributed by atoms with Gasteiger partial charge in [-0.1, -0.05) is 17.4 Å². The Hall–Kier alpha value is -2.33. The van der Waals surface area contributed by atoms with E-state index in [-0.39, 0.29) is 23.9 Å². The molecule has 0 aliphatic carbocycles. The van der Waals surface area contributed by atoms with Gasteiger partial charge in [-0.3, -0.25) is 4.99 Å². The van der Waals surface area contributed by atoms with Crippen LogP contribution >= 0.6 is 23.1 Å². The van der Waals surface area contributed by atoms with Crippen molar-refractivity contribution in [3.05, 3.63) is 52.2 Å². The average Bonchev–Trinajstić information content (AvgIpc) is 3.33. The van der Waals surface area contributed by atoms with Crippen LogP contribution in [-0.4, -0.2) is 32.9 Å². The molecule has 6 nitrogen and oxygen atoms in total. The van der Waals surface area contributed by atoms with E-state index in [0.717, 1.165) is 15.8 Å². The summed E-state index contributed by atoms with van der Waals surface area (Å²) in [7, 11) is 0. The first-order valence-electron chi connectivity index (χ1n) is 9.06. The van der Waals surface area contributed by atoms with Crippen LogP contribution in [0.1, 0.15) is 35.9 Å². The first-order valence-corrected chi connectivity index (χ1v) is 10.9. The summed E-state index contributed by atoms with van der Waals surface area (Å²) in [6, 6.07) is 2.99. The molecule has 2 aromatic rings. The zero-order valence-corrected chi connectivity index (χ0v) is 17.9. The lowest BCUT2D eigenvalue weighted by molar-refractivity contribution is 0.543. The molecule has 0 radical (unpaired) electrons. The number of hydrogen-bond acceptors (Lipinski definition) is 7. The number of aliphatic imine (C=N–C) groups is 2. The number of aryl methyl sites for hydroxylation is 1. The summed E-state index contributed by atoms with van der Waals surface area (Å²) in [5.41, 5.74) is 6.26. The molecule has 0 saturated carbocycles. The number of amidine groups is 1. The molecule has 0 saturated heterocycles. The molecule has 2 unspecified atom stereocenters. The van der Waals surface area contributed by atoms with Gasteiger partial charge in [0.2, 0.25) is 5.13 Å². The molecule has 0 bridgehead atoms. The molecule has 1 aromatic heterocycles. The molecule has 29 heavy (non-hydrogen) atoms. The van der Waals surface area contributed by atoms with E-state index in [1.54, 1.807) is 18.7 Å². The van der Waals surface area contributed by atoms with Crippen LogP contribution in [0.25, 0.3) is 0 Å². The Kier molecular flexibility index (Phi) is 6.96. The van der Waals surface area contributed by atoms with Gasteiger partial charge in [-0.25, -0.2) is 13.8 Å². The summed E-state index contributed by atoms with van der Waals surface area (Å²) < 4.78 is 27.7. The third-order valence-corrected chi connectivity index (χ3v) is 6.65. The molecule has 1 aliphatic heterocycles. The van der Waals surface area contributed by atoms with Gasteiger partial charge in [-0.15, -0.1) is 22.0 Å². The Morgan fingerprint density at radius 3 is 2.93 bits per heavy atom. The molecule has 1 aliphatic rings. The second-order valence-electron chi connectivity index (χ2n) is 6.68. The lowest BCUT2D eigenvalue weighted by Gasteiger charge is -2.07.